The third-order valence-corrected chi connectivity index (χ3v) is 2.40. The van der Waals surface area contributed by atoms with Crippen molar-refractivity contribution in [2.24, 2.45) is 0 Å². The SMILES string of the molecule is C/C=C(/C=O)c1nc(N)sc1Cl. The quantitative estimate of drug-likeness (QED) is 0.590. The van der Waals surface area contributed by atoms with E-state index in [-0.39, 0.29) is 0 Å². The van der Waals surface area contributed by atoms with Crippen LogP contribution < -0.4 is 5.73 Å². The van der Waals surface area contributed by atoms with Crippen LogP contribution in [0, 0.1) is 0 Å². The minimum Gasteiger partial charge on any atom is -0.375 e. The van der Waals surface area contributed by atoms with Crippen LogP contribution in [0.2, 0.25) is 4.34 Å². The van der Waals surface area contributed by atoms with Crippen LogP contribution in [-0.2, 0) is 4.79 Å². The number of anilines is 1. The molecule has 0 aliphatic rings. The van der Waals surface area contributed by atoms with Gasteiger partial charge in [-0.2, -0.15) is 0 Å². The number of thiazole rings is 1. The van der Waals surface area contributed by atoms with Crippen LogP contribution in [0.1, 0.15) is 12.6 Å². The third-order valence-electron chi connectivity index (χ3n) is 1.31. The molecule has 1 aromatic rings. The molecular formula is C7H7ClN2OS. The Morgan fingerprint density at radius 3 is 2.75 bits per heavy atom. The molecule has 1 aromatic heterocycles. The van der Waals surface area contributed by atoms with Crippen LogP contribution >= 0.6 is 22.9 Å². The molecule has 0 unspecified atom stereocenters. The molecule has 0 aliphatic carbocycles. The summed E-state index contributed by atoms with van der Waals surface area (Å²) in [5.41, 5.74) is 6.34. The normalized spacial score (nSPS) is 11.7. The van der Waals surface area contributed by atoms with E-state index in [9.17, 15) is 4.79 Å². The Kier molecular flexibility index (Phi) is 2.83. The minimum atomic E-state index is 0.371. The first-order chi connectivity index (χ1) is 5.69. The molecular weight excluding hydrogens is 196 g/mol. The van der Waals surface area contributed by atoms with Gasteiger partial charge in [-0.15, -0.1) is 0 Å². The van der Waals surface area contributed by atoms with Gasteiger partial charge in [-0.25, -0.2) is 4.98 Å². The van der Waals surface area contributed by atoms with Crippen LogP contribution in [0.25, 0.3) is 5.57 Å². The van der Waals surface area contributed by atoms with Crippen molar-refractivity contribution in [1.82, 2.24) is 4.98 Å². The topological polar surface area (TPSA) is 56.0 Å². The van der Waals surface area contributed by atoms with Crippen molar-refractivity contribution in [1.29, 1.82) is 0 Å². The van der Waals surface area contributed by atoms with Crippen molar-refractivity contribution in [3.63, 3.8) is 0 Å². The maximum atomic E-state index is 10.5. The predicted octanol–water partition coefficient (Wildman–Crippen LogP) is 1.98. The highest BCUT2D eigenvalue weighted by molar-refractivity contribution is 7.19. The Balaban J connectivity index is 3.17. The number of aldehydes is 1. The average Bonchev–Trinajstić information content (AvgIpc) is 2.34. The first kappa shape index (κ1) is 9.22. The number of nitrogens with zero attached hydrogens (tertiary/aromatic N) is 1. The Morgan fingerprint density at radius 1 is 1.75 bits per heavy atom. The molecule has 0 aliphatic heterocycles. The van der Waals surface area contributed by atoms with E-state index in [0.717, 1.165) is 11.3 Å². The van der Waals surface area contributed by atoms with E-state index in [0.29, 0.717) is 27.0 Å². The fraction of sp³-hybridized carbons (Fsp3) is 0.143. The van der Waals surface area contributed by atoms with Gasteiger partial charge in [0.15, 0.2) is 11.4 Å². The van der Waals surface area contributed by atoms with Crippen LogP contribution in [0.5, 0.6) is 0 Å². The number of nitrogen functional groups attached to an aromatic ring is 1. The zero-order valence-corrected chi connectivity index (χ0v) is 7.95. The van der Waals surface area contributed by atoms with Crippen LogP contribution in [0.4, 0.5) is 5.13 Å². The van der Waals surface area contributed by atoms with Crippen molar-refractivity contribution in [3.05, 3.63) is 16.1 Å². The summed E-state index contributed by atoms with van der Waals surface area (Å²) in [5.74, 6) is 0. The van der Waals surface area contributed by atoms with Gasteiger partial charge in [-0.05, 0) is 6.92 Å². The molecule has 0 saturated heterocycles. The number of rotatable bonds is 2. The molecule has 2 N–H and O–H groups in total. The highest BCUT2D eigenvalue weighted by atomic mass is 35.5. The number of carbonyl (C=O) groups is 1. The van der Waals surface area contributed by atoms with E-state index < -0.39 is 0 Å². The zero-order valence-electron chi connectivity index (χ0n) is 6.37. The summed E-state index contributed by atoms with van der Waals surface area (Å²) in [6.45, 7) is 1.75. The van der Waals surface area contributed by atoms with E-state index in [2.05, 4.69) is 4.98 Å². The van der Waals surface area contributed by atoms with Crippen LogP contribution in [-0.4, -0.2) is 11.3 Å². The van der Waals surface area contributed by atoms with Gasteiger partial charge in [0.1, 0.15) is 10.0 Å². The molecule has 64 valence electrons. The van der Waals surface area contributed by atoms with Gasteiger partial charge in [0.2, 0.25) is 0 Å². The molecule has 0 fully saturated rings. The van der Waals surface area contributed by atoms with Gasteiger partial charge >= 0.3 is 0 Å². The molecule has 1 heterocycles. The van der Waals surface area contributed by atoms with Gasteiger partial charge in [-0.3, -0.25) is 4.79 Å². The molecule has 12 heavy (non-hydrogen) atoms. The molecule has 0 amide bonds. The summed E-state index contributed by atoms with van der Waals surface area (Å²) in [7, 11) is 0. The Bertz CT molecular complexity index is 332. The van der Waals surface area contributed by atoms with E-state index in [1.165, 1.54) is 0 Å². The van der Waals surface area contributed by atoms with Crippen molar-refractivity contribution in [2.75, 3.05) is 5.73 Å². The van der Waals surface area contributed by atoms with Crippen molar-refractivity contribution in [3.8, 4) is 0 Å². The fourth-order valence-corrected chi connectivity index (χ4v) is 1.72. The summed E-state index contributed by atoms with van der Waals surface area (Å²) in [6.07, 6.45) is 2.35. The monoisotopic (exact) mass is 202 g/mol. The molecule has 1 rings (SSSR count). The molecule has 0 radical (unpaired) electrons. The van der Waals surface area contributed by atoms with Crippen molar-refractivity contribution < 1.29 is 4.79 Å². The summed E-state index contributed by atoms with van der Waals surface area (Å²) >= 11 is 6.93. The van der Waals surface area contributed by atoms with Gasteiger partial charge in [0.05, 0.1) is 0 Å². The predicted molar refractivity (Wildman–Crippen MR) is 51.3 cm³/mol. The molecule has 5 heteroatoms. The average molecular weight is 203 g/mol. The first-order valence-corrected chi connectivity index (χ1v) is 4.42. The smallest absolute Gasteiger partial charge is 0.182 e. The Hall–Kier alpha value is -0.870. The van der Waals surface area contributed by atoms with E-state index in [1.54, 1.807) is 13.0 Å². The van der Waals surface area contributed by atoms with Gasteiger partial charge in [0.25, 0.3) is 0 Å². The number of allylic oxidation sites excluding steroid dienone is 2. The van der Waals surface area contributed by atoms with Gasteiger partial charge in [-0.1, -0.05) is 29.0 Å². The van der Waals surface area contributed by atoms with E-state index >= 15 is 0 Å². The first-order valence-electron chi connectivity index (χ1n) is 3.22. The maximum Gasteiger partial charge on any atom is 0.182 e. The third kappa shape index (κ3) is 1.65. The second-order valence-electron chi connectivity index (χ2n) is 2.04. The molecule has 0 bridgehead atoms. The lowest BCUT2D eigenvalue weighted by Gasteiger charge is -1.91. The number of aromatic nitrogens is 1. The second-order valence-corrected chi connectivity index (χ2v) is 3.67. The minimum absolute atomic E-state index is 0.371. The maximum absolute atomic E-state index is 10.5. The fourth-order valence-electron chi connectivity index (χ4n) is 0.756. The zero-order chi connectivity index (χ0) is 9.14. The Labute approximate surface area is 78.9 Å². The molecule has 0 atom stereocenters. The molecule has 0 spiro atoms. The van der Waals surface area contributed by atoms with Gasteiger partial charge in [0, 0.05) is 5.57 Å². The number of nitrogens with two attached hydrogens (primary N) is 1. The molecule has 0 aromatic carbocycles. The van der Waals surface area contributed by atoms with E-state index in [4.69, 9.17) is 17.3 Å². The summed E-state index contributed by atoms with van der Waals surface area (Å²) < 4.78 is 0.452. The lowest BCUT2D eigenvalue weighted by atomic mass is 10.2. The van der Waals surface area contributed by atoms with Crippen LogP contribution in [0.15, 0.2) is 6.08 Å². The van der Waals surface area contributed by atoms with Crippen molar-refractivity contribution in [2.45, 2.75) is 6.92 Å². The number of hydrogen-bond donors (Lipinski definition) is 1. The van der Waals surface area contributed by atoms with E-state index in [1.807, 2.05) is 0 Å². The number of carbonyl (C=O) groups excluding carboxylic acids is 1. The Morgan fingerprint density at radius 2 is 2.42 bits per heavy atom. The van der Waals surface area contributed by atoms with Crippen molar-refractivity contribution >= 4 is 39.9 Å². The highest BCUT2D eigenvalue weighted by Crippen LogP contribution is 2.29. The molecule has 3 nitrogen and oxygen atoms in total. The summed E-state index contributed by atoms with van der Waals surface area (Å²) in [6, 6.07) is 0. The highest BCUT2D eigenvalue weighted by Gasteiger charge is 2.10. The summed E-state index contributed by atoms with van der Waals surface area (Å²) in [5, 5.41) is 0.371. The van der Waals surface area contributed by atoms with Gasteiger partial charge < -0.3 is 5.73 Å². The number of halogens is 1. The lowest BCUT2D eigenvalue weighted by molar-refractivity contribution is -0.103. The summed E-state index contributed by atoms with van der Waals surface area (Å²) in [4.78, 5) is 14.4. The lowest BCUT2D eigenvalue weighted by Crippen LogP contribution is -1.88. The number of hydrogen-bond acceptors (Lipinski definition) is 4. The molecule has 0 saturated carbocycles. The largest absolute Gasteiger partial charge is 0.375 e. The van der Waals surface area contributed by atoms with Crippen LogP contribution in [0.3, 0.4) is 0 Å². The standard InChI is InChI=1S/C7H7ClN2OS/c1-2-4(3-11)5-6(8)12-7(9)10-5/h2-3H,1H3,(H2,9,10)/b4-2-. The second kappa shape index (κ2) is 3.69.